The molecule has 0 heterocycles. The van der Waals surface area contributed by atoms with Gasteiger partial charge in [-0.1, -0.05) is 0 Å². The number of hydrogen-bond donors (Lipinski definition) is 0. The molecule has 0 saturated carbocycles. The molecular weight excluding hydrogens is 380 g/mol. The lowest BCUT2D eigenvalue weighted by atomic mass is 10.1. The number of hydrogen-bond acceptors (Lipinski definition) is 7. The maximum Gasteiger partial charge on any atom is 0.270 e. The van der Waals surface area contributed by atoms with Crippen molar-refractivity contribution in [3.8, 4) is 11.1 Å². The third-order valence-electron chi connectivity index (χ3n) is 4.53. The van der Waals surface area contributed by atoms with Crippen molar-refractivity contribution in [3.05, 3.63) is 102 Å². The van der Waals surface area contributed by atoms with Crippen molar-refractivity contribution in [2.75, 3.05) is 0 Å². The van der Waals surface area contributed by atoms with E-state index in [0.717, 1.165) is 0 Å². The fourth-order valence-electron chi connectivity index (χ4n) is 3.20. The molecule has 0 spiro atoms. The van der Waals surface area contributed by atoms with E-state index in [1.54, 1.807) is 12.1 Å². The Morgan fingerprint density at radius 1 is 0.552 bits per heavy atom. The highest BCUT2D eigenvalue weighted by molar-refractivity contribution is 6.25. The van der Waals surface area contributed by atoms with Gasteiger partial charge in [0.15, 0.2) is 0 Å². The van der Waals surface area contributed by atoms with Crippen LogP contribution >= 0.6 is 0 Å². The largest absolute Gasteiger partial charge is 0.270 e. The maximum atomic E-state index is 11.2. The Bertz CT molecular complexity index is 1170. The number of non-ortho nitro benzene ring substituents is 3. The zero-order valence-corrected chi connectivity index (χ0v) is 14.5. The van der Waals surface area contributed by atoms with Crippen molar-refractivity contribution >= 4 is 28.5 Å². The molecule has 0 amide bonds. The molecule has 0 aromatic heterocycles. The highest BCUT2D eigenvalue weighted by Gasteiger charge is 2.29. The molecule has 0 radical (unpaired) electrons. The first kappa shape index (κ1) is 17.9. The number of nitro groups is 3. The molecule has 3 aromatic carbocycles. The molecule has 1 aliphatic carbocycles. The topological polar surface area (TPSA) is 142 Å². The minimum atomic E-state index is -0.538. The Hall–Kier alpha value is -4.47. The van der Waals surface area contributed by atoms with Crippen LogP contribution in [-0.2, 0) is 0 Å². The zero-order chi connectivity index (χ0) is 20.7. The van der Waals surface area contributed by atoms with E-state index < -0.39 is 14.8 Å². The lowest BCUT2D eigenvalue weighted by Gasteiger charge is -2.03. The SMILES string of the molecule is O=[N+]([O-])c1ccc(N=C2c3cc([N+](=O)[O-])ccc3-c3ccc([N+](=O)[O-])cc32)cc1. The summed E-state index contributed by atoms with van der Waals surface area (Å²) in [6, 6.07) is 14.1. The van der Waals surface area contributed by atoms with Crippen molar-refractivity contribution in [3.63, 3.8) is 0 Å². The summed E-state index contributed by atoms with van der Waals surface area (Å²) in [5.74, 6) is 0. The Balaban J connectivity index is 1.93. The predicted octanol–water partition coefficient (Wildman–Crippen LogP) is 4.56. The Morgan fingerprint density at radius 2 is 0.966 bits per heavy atom. The third-order valence-corrected chi connectivity index (χ3v) is 4.53. The molecule has 142 valence electrons. The summed E-state index contributed by atoms with van der Waals surface area (Å²) < 4.78 is 0. The second kappa shape index (κ2) is 6.60. The van der Waals surface area contributed by atoms with E-state index in [1.165, 1.54) is 48.5 Å². The summed E-state index contributed by atoms with van der Waals surface area (Å²) in [5.41, 5.74) is 2.60. The second-order valence-corrected chi connectivity index (χ2v) is 6.21. The number of benzene rings is 3. The number of nitro benzene ring substituents is 3. The van der Waals surface area contributed by atoms with Gasteiger partial charge in [-0.2, -0.15) is 0 Å². The summed E-state index contributed by atoms with van der Waals surface area (Å²) in [6.45, 7) is 0. The molecule has 1 aliphatic rings. The van der Waals surface area contributed by atoms with Crippen molar-refractivity contribution < 1.29 is 14.8 Å². The van der Waals surface area contributed by atoms with Crippen molar-refractivity contribution in [1.82, 2.24) is 0 Å². The average molecular weight is 390 g/mol. The smallest absolute Gasteiger partial charge is 0.258 e. The molecule has 0 aliphatic heterocycles. The second-order valence-electron chi connectivity index (χ2n) is 6.21. The molecular formula is C19H10N4O6. The molecule has 29 heavy (non-hydrogen) atoms. The number of aliphatic imine (C=N–C) groups is 1. The first-order valence-electron chi connectivity index (χ1n) is 8.26. The molecule has 0 N–H and O–H groups in total. The van der Waals surface area contributed by atoms with E-state index in [-0.39, 0.29) is 17.1 Å². The van der Waals surface area contributed by atoms with Gasteiger partial charge in [-0.05, 0) is 35.4 Å². The number of rotatable bonds is 4. The zero-order valence-electron chi connectivity index (χ0n) is 14.5. The third kappa shape index (κ3) is 3.08. The van der Waals surface area contributed by atoms with Crippen LogP contribution < -0.4 is 0 Å². The van der Waals surface area contributed by atoms with E-state index in [4.69, 9.17) is 0 Å². The molecule has 10 heteroatoms. The van der Waals surface area contributed by atoms with Gasteiger partial charge in [0.2, 0.25) is 0 Å². The first-order chi connectivity index (χ1) is 13.8. The Morgan fingerprint density at radius 3 is 1.38 bits per heavy atom. The van der Waals surface area contributed by atoms with E-state index in [0.29, 0.717) is 33.7 Å². The Labute approximate surface area is 162 Å². The van der Waals surface area contributed by atoms with Crippen LogP contribution in [-0.4, -0.2) is 20.5 Å². The first-order valence-corrected chi connectivity index (χ1v) is 8.26. The lowest BCUT2D eigenvalue weighted by Crippen LogP contribution is -2.00. The highest BCUT2D eigenvalue weighted by Crippen LogP contribution is 2.41. The number of nitrogens with zero attached hydrogens (tertiary/aromatic N) is 4. The summed E-state index contributed by atoms with van der Waals surface area (Å²) in [6.07, 6.45) is 0. The van der Waals surface area contributed by atoms with Crippen LogP contribution in [0.1, 0.15) is 11.1 Å². The van der Waals surface area contributed by atoms with E-state index in [9.17, 15) is 30.3 Å². The predicted molar refractivity (Wildman–Crippen MR) is 104 cm³/mol. The van der Waals surface area contributed by atoms with Crippen LogP contribution in [0.3, 0.4) is 0 Å². The van der Waals surface area contributed by atoms with Crippen LogP contribution in [0.25, 0.3) is 11.1 Å². The minimum absolute atomic E-state index is 0.104. The summed E-state index contributed by atoms with van der Waals surface area (Å²) in [4.78, 5) is 36.1. The van der Waals surface area contributed by atoms with Crippen molar-refractivity contribution in [2.24, 2.45) is 4.99 Å². The summed E-state index contributed by atoms with van der Waals surface area (Å²) in [5, 5.41) is 33.2. The fourth-order valence-corrected chi connectivity index (χ4v) is 3.20. The van der Waals surface area contributed by atoms with Crippen LogP contribution in [0.5, 0.6) is 0 Å². The van der Waals surface area contributed by atoms with Gasteiger partial charge < -0.3 is 0 Å². The lowest BCUT2D eigenvalue weighted by molar-refractivity contribution is -0.385. The molecule has 0 fully saturated rings. The van der Waals surface area contributed by atoms with Crippen molar-refractivity contribution in [2.45, 2.75) is 0 Å². The maximum absolute atomic E-state index is 11.2. The van der Waals surface area contributed by atoms with Gasteiger partial charge in [-0.25, -0.2) is 4.99 Å². The highest BCUT2D eigenvalue weighted by atomic mass is 16.6. The number of fused-ring (bicyclic) bond motifs is 3. The summed E-state index contributed by atoms with van der Waals surface area (Å²) >= 11 is 0. The molecule has 0 bridgehead atoms. The van der Waals surface area contributed by atoms with Crippen LogP contribution in [0.2, 0.25) is 0 Å². The van der Waals surface area contributed by atoms with Gasteiger partial charge in [0.05, 0.1) is 26.2 Å². The van der Waals surface area contributed by atoms with Gasteiger partial charge >= 0.3 is 0 Å². The molecule has 3 aromatic rings. The van der Waals surface area contributed by atoms with Crippen molar-refractivity contribution in [1.29, 1.82) is 0 Å². The average Bonchev–Trinajstić information content (AvgIpc) is 3.00. The van der Waals surface area contributed by atoms with E-state index >= 15 is 0 Å². The molecule has 0 unspecified atom stereocenters. The molecule has 0 saturated heterocycles. The molecule has 0 atom stereocenters. The molecule has 10 nitrogen and oxygen atoms in total. The van der Waals surface area contributed by atoms with Crippen LogP contribution in [0, 0.1) is 30.3 Å². The Kier molecular flexibility index (Phi) is 4.08. The van der Waals surface area contributed by atoms with Gasteiger partial charge in [-0.15, -0.1) is 0 Å². The van der Waals surface area contributed by atoms with Crippen LogP contribution in [0.15, 0.2) is 65.7 Å². The van der Waals surface area contributed by atoms with Gasteiger partial charge in [0, 0.05) is 47.5 Å². The monoisotopic (exact) mass is 390 g/mol. The normalized spacial score (nSPS) is 11.5. The fraction of sp³-hybridized carbons (Fsp3) is 0. The minimum Gasteiger partial charge on any atom is -0.258 e. The van der Waals surface area contributed by atoms with E-state index in [1.807, 2.05) is 0 Å². The van der Waals surface area contributed by atoms with E-state index in [2.05, 4.69) is 4.99 Å². The van der Waals surface area contributed by atoms with Gasteiger partial charge in [0.25, 0.3) is 17.1 Å². The quantitative estimate of drug-likeness (QED) is 0.369. The molecule has 4 rings (SSSR count). The van der Waals surface area contributed by atoms with Gasteiger partial charge in [0.1, 0.15) is 0 Å². The van der Waals surface area contributed by atoms with Crippen LogP contribution in [0.4, 0.5) is 22.7 Å². The summed E-state index contributed by atoms with van der Waals surface area (Å²) in [7, 11) is 0. The van der Waals surface area contributed by atoms with Gasteiger partial charge in [-0.3, -0.25) is 30.3 Å². The standard InChI is InChI=1S/C19H10N4O6/c24-21(25)12-3-1-11(2-4-12)20-19-17-9-13(22(26)27)5-7-15(17)16-8-6-14(23(28)29)10-18(16)19/h1-10H.